The number of nitrogens with one attached hydrogen (secondary N) is 1. The second kappa shape index (κ2) is 3.63. The zero-order valence-electron chi connectivity index (χ0n) is 5.36. The number of allylic oxidation sites excluding steroid dienone is 4. The summed E-state index contributed by atoms with van der Waals surface area (Å²) in [6, 6.07) is 0. The van der Waals surface area contributed by atoms with E-state index in [9.17, 15) is 0 Å². The molecule has 0 spiro atoms. The van der Waals surface area contributed by atoms with Gasteiger partial charge in [0.2, 0.25) is 0 Å². The maximum absolute atomic E-state index is 8.27. The minimum Gasteiger partial charge on any atom is -0.292 e. The number of hydrogen-bond donors (Lipinski definition) is 2. The molecule has 1 rings (SSSR count). The molecule has 0 aromatic rings. The number of rotatable bonds is 1. The van der Waals surface area contributed by atoms with Crippen LogP contribution in [0.5, 0.6) is 0 Å². The van der Waals surface area contributed by atoms with Gasteiger partial charge in [-0.3, -0.25) is 15.7 Å². The first kappa shape index (κ1) is 6.77. The lowest BCUT2D eigenvalue weighted by atomic mass is 10.3. The highest BCUT2D eigenvalue weighted by Gasteiger charge is 1.85. The first-order valence-electron chi connectivity index (χ1n) is 2.89. The molecule has 1 aliphatic rings. The number of aliphatic imine (C=N–C) groups is 1. The van der Waals surface area contributed by atoms with Crippen molar-refractivity contribution in [1.29, 1.82) is 0 Å². The molecule has 2 N–H and O–H groups in total. The second-order valence-corrected chi connectivity index (χ2v) is 1.75. The summed E-state index contributed by atoms with van der Waals surface area (Å²) in [5.74, 6) is 0. The average molecular weight is 136 g/mol. The summed E-state index contributed by atoms with van der Waals surface area (Å²) in [6.45, 7) is 0. The minimum atomic E-state index is 0.826. The van der Waals surface area contributed by atoms with E-state index in [1.54, 1.807) is 12.4 Å². The van der Waals surface area contributed by atoms with Crippen molar-refractivity contribution in [1.82, 2.24) is 5.48 Å². The maximum atomic E-state index is 8.27. The molecule has 0 saturated carbocycles. The van der Waals surface area contributed by atoms with Crippen LogP contribution in [0.3, 0.4) is 0 Å². The van der Waals surface area contributed by atoms with Crippen LogP contribution in [0.4, 0.5) is 0 Å². The fraction of sp³-hybridized carbons (Fsp3) is 0. The van der Waals surface area contributed by atoms with Crippen molar-refractivity contribution >= 4 is 6.21 Å². The van der Waals surface area contributed by atoms with Gasteiger partial charge in [-0.15, -0.1) is 0 Å². The average Bonchev–Trinajstić information content (AvgIpc) is 2.17. The van der Waals surface area contributed by atoms with Gasteiger partial charge in [0.15, 0.2) is 0 Å². The molecule has 52 valence electrons. The van der Waals surface area contributed by atoms with E-state index in [1.807, 2.05) is 23.7 Å². The third-order valence-electron chi connectivity index (χ3n) is 1.03. The Morgan fingerprint density at radius 2 is 2.40 bits per heavy atom. The Hall–Kier alpha value is -1.35. The third kappa shape index (κ3) is 1.87. The van der Waals surface area contributed by atoms with Crippen molar-refractivity contribution in [3.8, 4) is 0 Å². The van der Waals surface area contributed by atoms with E-state index in [2.05, 4.69) is 4.99 Å². The molecule has 1 heterocycles. The fourth-order valence-electron chi connectivity index (χ4n) is 0.598. The molecule has 0 saturated heterocycles. The van der Waals surface area contributed by atoms with Gasteiger partial charge in [-0.1, -0.05) is 12.2 Å². The van der Waals surface area contributed by atoms with Gasteiger partial charge in [0.1, 0.15) is 0 Å². The molecule has 0 fully saturated rings. The van der Waals surface area contributed by atoms with E-state index in [-0.39, 0.29) is 0 Å². The van der Waals surface area contributed by atoms with E-state index in [1.165, 1.54) is 6.20 Å². The van der Waals surface area contributed by atoms with Crippen molar-refractivity contribution in [3.63, 3.8) is 0 Å². The number of nitrogens with zero attached hydrogens (tertiary/aromatic N) is 1. The van der Waals surface area contributed by atoms with Gasteiger partial charge in [-0.25, -0.2) is 0 Å². The lowest BCUT2D eigenvalue weighted by Crippen LogP contribution is -1.96. The van der Waals surface area contributed by atoms with Crippen LogP contribution in [-0.4, -0.2) is 11.4 Å². The molecule has 0 bridgehead atoms. The number of hydrogen-bond acceptors (Lipinski definition) is 3. The van der Waals surface area contributed by atoms with Gasteiger partial charge in [0.05, 0.1) is 0 Å². The summed E-state index contributed by atoms with van der Waals surface area (Å²) >= 11 is 0. The van der Waals surface area contributed by atoms with Gasteiger partial charge >= 0.3 is 0 Å². The molecule has 0 aromatic heterocycles. The highest BCUT2D eigenvalue weighted by Crippen LogP contribution is 1.96. The van der Waals surface area contributed by atoms with Gasteiger partial charge in [-0.2, -0.15) is 0 Å². The largest absolute Gasteiger partial charge is 0.292 e. The van der Waals surface area contributed by atoms with Crippen molar-refractivity contribution in [3.05, 3.63) is 36.2 Å². The van der Waals surface area contributed by atoms with Crippen LogP contribution in [0.25, 0.3) is 0 Å². The summed E-state index contributed by atoms with van der Waals surface area (Å²) < 4.78 is 0. The Kier molecular flexibility index (Phi) is 2.46. The molecule has 3 heteroatoms. The molecule has 0 atom stereocenters. The van der Waals surface area contributed by atoms with Crippen LogP contribution >= 0.6 is 0 Å². The maximum Gasteiger partial charge on any atom is 0.0355 e. The summed E-state index contributed by atoms with van der Waals surface area (Å²) in [4.78, 5) is 3.88. The standard InChI is InChI=1S/C7H8N2O/c10-9-6-7-3-1-2-4-8-5-7/h1-6,9-10H/b7-6+. The molecule has 0 aliphatic carbocycles. The lowest BCUT2D eigenvalue weighted by molar-refractivity contribution is 0.214. The fourth-order valence-corrected chi connectivity index (χ4v) is 0.598. The molecule has 1 aliphatic heterocycles. The van der Waals surface area contributed by atoms with Crippen molar-refractivity contribution in [2.24, 2.45) is 4.99 Å². The topological polar surface area (TPSA) is 44.6 Å². The Morgan fingerprint density at radius 1 is 1.50 bits per heavy atom. The van der Waals surface area contributed by atoms with Crippen molar-refractivity contribution < 1.29 is 5.21 Å². The SMILES string of the molecule is ON/C=C1\C=CC=CN=C1. The van der Waals surface area contributed by atoms with Crippen LogP contribution in [0, 0.1) is 0 Å². The molecule has 3 nitrogen and oxygen atoms in total. The van der Waals surface area contributed by atoms with Gasteiger partial charge in [0, 0.05) is 24.2 Å². The van der Waals surface area contributed by atoms with Crippen LogP contribution in [-0.2, 0) is 0 Å². The Balaban J connectivity index is 2.72. The first-order chi connectivity index (χ1) is 4.93. The molecule has 0 unspecified atom stereocenters. The van der Waals surface area contributed by atoms with Gasteiger partial charge in [-0.05, 0) is 6.08 Å². The Morgan fingerprint density at radius 3 is 3.20 bits per heavy atom. The van der Waals surface area contributed by atoms with Crippen molar-refractivity contribution in [2.45, 2.75) is 0 Å². The summed E-state index contributed by atoms with van der Waals surface area (Å²) in [7, 11) is 0. The van der Waals surface area contributed by atoms with E-state index in [0.29, 0.717) is 0 Å². The van der Waals surface area contributed by atoms with Crippen LogP contribution in [0.2, 0.25) is 0 Å². The molecule has 10 heavy (non-hydrogen) atoms. The molecule has 0 aromatic carbocycles. The minimum absolute atomic E-state index is 0.826. The highest BCUT2D eigenvalue weighted by atomic mass is 16.5. The zero-order valence-corrected chi connectivity index (χ0v) is 5.36. The summed E-state index contributed by atoms with van der Waals surface area (Å²) in [5.41, 5.74) is 2.76. The van der Waals surface area contributed by atoms with Gasteiger partial charge < -0.3 is 0 Å². The third-order valence-corrected chi connectivity index (χ3v) is 1.03. The van der Waals surface area contributed by atoms with Crippen LogP contribution in [0.15, 0.2) is 41.2 Å². The second-order valence-electron chi connectivity index (χ2n) is 1.75. The lowest BCUT2D eigenvalue weighted by Gasteiger charge is -1.88. The van der Waals surface area contributed by atoms with E-state index in [4.69, 9.17) is 5.21 Å². The monoisotopic (exact) mass is 136 g/mol. The smallest absolute Gasteiger partial charge is 0.0355 e. The van der Waals surface area contributed by atoms with Crippen LogP contribution in [0.1, 0.15) is 0 Å². The molecule has 0 amide bonds. The van der Waals surface area contributed by atoms with Crippen molar-refractivity contribution in [2.75, 3.05) is 0 Å². The Bertz CT molecular complexity index is 196. The zero-order chi connectivity index (χ0) is 7.23. The van der Waals surface area contributed by atoms with E-state index >= 15 is 0 Å². The quantitative estimate of drug-likeness (QED) is 0.528. The number of hydroxylamine groups is 1. The summed E-state index contributed by atoms with van der Waals surface area (Å²) in [5, 5.41) is 8.27. The van der Waals surface area contributed by atoms with E-state index < -0.39 is 0 Å². The molecule has 0 radical (unpaired) electrons. The van der Waals surface area contributed by atoms with Crippen LogP contribution < -0.4 is 5.48 Å². The molecular formula is C7H8N2O. The predicted molar refractivity (Wildman–Crippen MR) is 39.8 cm³/mol. The predicted octanol–water partition coefficient (Wildman–Crippen LogP) is 1.00. The first-order valence-corrected chi connectivity index (χ1v) is 2.89. The normalized spacial score (nSPS) is 19.5. The Labute approximate surface area is 59.0 Å². The highest BCUT2D eigenvalue weighted by molar-refractivity contribution is 5.83. The molecular weight excluding hydrogens is 128 g/mol. The summed E-state index contributed by atoms with van der Waals surface area (Å²) in [6.07, 6.45) is 10.3. The van der Waals surface area contributed by atoms with Gasteiger partial charge in [0.25, 0.3) is 0 Å². The van der Waals surface area contributed by atoms with E-state index in [0.717, 1.165) is 5.57 Å².